The number of carbonyl (C=O) groups is 1. The monoisotopic (exact) mass is 368 g/mol. The quantitative estimate of drug-likeness (QED) is 0.677. The van der Waals surface area contributed by atoms with E-state index in [2.05, 4.69) is 17.0 Å². The molecule has 2 heterocycles. The Morgan fingerprint density at radius 3 is 2.50 bits per heavy atom. The van der Waals surface area contributed by atoms with Crippen LogP contribution >= 0.6 is 11.6 Å². The molecule has 26 heavy (non-hydrogen) atoms. The normalized spacial score (nSPS) is 14.8. The van der Waals surface area contributed by atoms with E-state index >= 15 is 0 Å². The van der Waals surface area contributed by atoms with Crippen molar-refractivity contribution in [3.05, 3.63) is 64.9 Å². The third kappa shape index (κ3) is 3.06. The van der Waals surface area contributed by atoms with E-state index in [9.17, 15) is 4.79 Å². The summed E-state index contributed by atoms with van der Waals surface area (Å²) in [7, 11) is 0. The second kappa shape index (κ2) is 7.04. The van der Waals surface area contributed by atoms with Gasteiger partial charge >= 0.3 is 0 Å². The minimum Gasteiger partial charge on any atom is -0.451 e. The van der Waals surface area contributed by atoms with Crippen LogP contribution in [0.25, 0.3) is 11.0 Å². The fourth-order valence-electron chi connectivity index (χ4n) is 3.59. The average Bonchev–Trinajstić information content (AvgIpc) is 3.06. The summed E-state index contributed by atoms with van der Waals surface area (Å²) in [6.45, 7) is 5.06. The summed E-state index contributed by atoms with van der Waals surface area (Å²) in [5.74, 6) is 0.430. The number of nitrogens with zero attached hydrogens (tertiary/aromatic N) is 2. The molecule has 0 spiro atoms. The first-order valence-electron chi connectivity index (χ1n) is 8.97. The maximum Gasteiger partial charge on any atom is 0.290 e. The number of piperazine rings is 1. The Hall–Kier alpha value is -2.46. The number of hydrogen-bond donors (Lipinski definition) is 0. The van der Waals surface area contributed by atoms with Crippen LogP contribution in [0.2, 0.25) is 5.02 Å². The SMILES string of the molecule is CCc1c(C(=O)N2CCN(c3ccccc3)CC2)oc2ccc(Cl)cc12. The first-order chi connectivity index (χ1) is 12.7. The molecule has 1 amide bonds. The maximum absolute atomic E-state index is 13.1. The Balaban J connectivity index is 1.55. The van der Waals surface area contributed by atoms with Gasteiger partial charge in [-0.2, -0.15) is 0 Å². The molecule has 1 aliphatic rings. The molecule has 0 atom stereocenters. The van der Waals surface area contributed by atoms with Crippen LogP contribution < -0.4 is 4.90 Å². The summed E-state index contributed by atoms with van der Waals surface area (Å²) in [6.07, 6.45) is 0.735. The van der Waals surface area contributed by atoms with Crippen molar-refractivity contribution in [2.24, 2.45) is 0 Å². The van der Waals surface area contributed by atoms with E-state index in [1.54, 1.807) is 6.07 Å². The summed E-state index contributed by atoms with van der Waals surface area (Å²) in [4.78, 5) is 17.3. The van der Waals surface area contributed by atoms with Crippen LogP contribution in [0.1, 0.15) is 23.0 Å². The molecule has 5 heteroatoms. The molecule has 1 fully saturated rings. The molecular weight excluding hydrogens is 348 g/mol. The zero-order chi connectivity index (χ0) is 18.1. The zero-order valence-electron chi connectivity index (χ0n) is 14.7. The van der Waals surface area contributed by atoms with Crippen LogP contribution in [0.15, 0.2) is 52.9 Å². The number of anilines is 1. The Labute approximate surface area is 157 Å². The highest BCUT2D eigenvalue weighted by Gasteiger charge is 2.27. The highest BCUT2D eigenvalue weighted by Crippen LogP contribution is 2.30. The topological polar surface area (TPSA) is 36.7 Å². The Morgan fingerprint density at radius 1 is 1.08 bits per heavy atom. The van der Waals surface area contributed by atoms with Gasteiger partial charge in [0, 0.05) is 47.8 Å². The minimum atomic E-state index is -0.0260. The average molecular weight is 369 g/mol. The molecule has 0 unspecified atom stereocenters. The number of halogens is 1. The lowest BCUT2D eigenvalue weighted by atomic mass is 10.1. The van der Waals surface area contributed by atoms with Gasteiger partial charge in [-0.1, -0.05) is 36.7 Å². The molecule has 3 aromatic rings. The molecule has 4 nitrogen and oxygen atoms in total. The molecule has 0 saturated carbocycles. The van der Waals surface area contributed by atoms with Crippen LogP contribution in [-0.4, -0.2) is 37.0 Å². The van der Waals surface area contributed by atoms with Crippen LogP contribution in [0.3, 0.4) is 0 Å². The highest BCUT2D eigenvalue weighted by atomic mass is 35.5. The van der Waals surface area contributed by atoms with Crippen molar-refractivity contribution in [3.63, 3.8) is 0 Å². The minimum absolute atomic E-state index is 0.0260. The molecule has 1 saturated heterocycles. The standard InChI is InChI=1S/C21H21ClN2O2/c1-2-17-18-14-15(22)8-9-19(18)26-20(17)21(25)24-12-10-23(11-13-24)16-6-4-3-5-7-16/h3-9,14H,2,10-13H2,1H3. The third-order valence-corrected chi connectivity index (χ3v) is 5.22. The lowest BCUT2D eigenvalue weighted by Crippen LogP contribution is -2.48. The highest BCUT2D eigenvalue weighted by molar-refractivity contribution is 6.31. The van der Waals surface area contributed by atoms with E-state index in [1.165, 1.54) is 5.69 Å². The van der Waals surface area contributed by atoms with Gasteiger partial charge in [0.05, 0.1) is 0 Å². The molecule has 1 aromatic heterocycles. The molecule has 1 aliphatic heterocycles. The smallest absolute Gasteiger partial charge is 0.290 e. The van der Waals surface area contributed by atoms with Crippen LogP contribution in [0, 0.1) is 0 Å². The van der Waals surface area contributed by atoms with Gasteiger partial charge < -0.3 is 14.2 Å². The van der Waals surface area contributed by atoms with E-state index in [-0.39, 0.29) is 5.91 Å². The van der Waals surface area contributed by atoms with Gasteiger partial charge in [-0.15, -0.1) is 0 Å². The van der Waals surface area contributed by atoms with E-state index in [0.29, 0.717) is 23.9 Å². The fourth-order valence-corrected chi connectivity index (χ4v) is 3.77. The largest absolute Gasteiger partial charge is 0.451 e. The van der Waals surface area contributed by atoms with Crippen molar-refractivity contribution in [1.82, 2.24) is 4.90 Å². The van der Waals surface area contributed by atoms with Crippen molar-refractivity contribution in [2.45, 2.75) is 13.3 Å². The number of aryl methyl sites for hydroxylation is 1. The van der Waals surface area contributed by atoms with Crippen molar-refractivity contribution in [2.75, 3.05) is 31.1 Å². The van der Waals surface area contributed by atoms with Crippen molar-refractivity contribution in [3.8, 4) is 0 Å². The first kappa shape index (κ1) is 17.0. The van der Waals surface area contributed by atoms with Gasteiger partial charge in [0.25, 0.3) is 5.91 Å². The van der Waals surface area contributed by atoms with Crippen LogP contribution in [0.4, 0.5) is 5.69 Å². The van der Waals surface area contributed by atoms with Crippen molar-refractivity contribution < 1.29 is 9.21 Å². The zero-order valence-corrected chi connectivity index (χ0v) is 15.5. The van der Waals surface area contributed by atoms with Gasteiger partial charge in [0.15, 0.2) is 5.76 Å². The summed E-state index contributed by atoms with van der Waals surface area (Å²) >= 11 is 6.12. The van der Waals surface area contributed by atoms with E-state index in [1.807, 2.05) is 42.2 Å². The molecular formula is C21H21ClN2O2. The molecule has 0 bridgehead atoms. The molecule has 0 aliphatic carbocycles. The van der Waals surface area contributed by atoms with Crippen LogP contribution in [-0.2, 0) is 6.42 Å². The number of benzene rings is 2. The summed E-state index contributed by atoms with van der Waals surface area (Å²) in [5.41, 5.74) is 2.86. The Bertz CT molecular complexity index is 928. The lowest BCUT2D eigenvalue weighted by molar-refractivity contribution is 0.0715. The van der Waals surface area contributed by atoms with Crippen LogP contribution in [0.5, 0.6) is 0 Å². The first-order valence-corrected chi connectivity index (χ1v) is 9.35. The van der Waals surface area contributed by atoms with Crippen molar-refractivity contribution >= 4 is 34.2 Å². The van der Waals surface area contributed by atoms with E-state index < -0.39 is 0 Å². The number of amides is 1. The molecule has 0 N–H and O–H groups in total. The second-order valence-corrected chi connectivity index (χ2v) is 6.96. The summed E-state index contributed by atoms with van der Waals surface area (Å²) < 4.78 is 5.91. The van der Waals surface area contributed by atoms with Gasteiger partial charge in [-0.25, -0.2) is 0 Å². The maximum atomic E-state index is 13.1. The number of furan rings is 1. The number of fused-ring (bicyclic) bond motifs is 1. The Morgan fingerprint density at radius 2 is 1.81 bits per heavy atom. The van der Waals surface area contributed by atoms with Gasteiger partial charge in [0.1, 0.15) is 5.58 Å². The molecule has 134 valence electrons. The number of rotatable bonds is 3. The number of hydrogen-bond acceptors (Lipinski definition) is 3. The predicted octanol–water partition coefficient (Wildman–Crippen LogP) is 4.61. The molecule has 2 aromatic carbocycles. The summed E-state index contributed by atoms with van der Waals surface area (Å²) in [5, 5.41) is 1.59. The molecule has 0 radical (unpaired) electrons. The molecule has 4 rings (SSSR count). The van der Waals surface area contributed by atoms with Crippen molar-refractivity contribution in [1.29, 1.82) is 0 Å². The number of para-hydroxylation sites is 1. The number of carbonyl (C=O) groups excluding carboxylic acids is 1. The Kier molecular flexibility index (Phi) is 4.60. The predicted molar refractivity (Wildman–Crippen MR) is 105 cm³/mol. The van der Waals surface area contributed by atoms with E-state index in [4.69, 9.17) is 16.0 Å². The fraction of sp³-hybridized carbons (Fsp3) is 0.286. The van der Waals surface area contributed by atoms with Gasteiger partial charge in [-0.05, 0) is 36.8 Å². The van der Waals surface area contributed by atoms with Gasteiger partial charge in [0.2, 0.25) is 0 Å². The lowest BCUT2D eigenvalue weighted by Gasteiger charge is -2.35. The van der Waals surface area contributed by atoms with Gasteiger partial charge in [-0.3, -0.25) is 4.79 Å². The summed E-state index contributed by atoms with van der Waals surface area (Å²) in [6, 6.07) is 15.8. The third-order valence-electron chi connectivity index (χ3n) is 4.99. The second-order valence-electron chi connectivity index (χ2n) is 6.52. The van der Waals surface area contributed by atoms with E-state index in [0.717, 1.165) is 36.0 Å².